The van der Waals surface area contributed by atoms with E-state index < -0.39 is 33.3 Å². The van der Waals surface area contributed by atoms with Gasteiger partial charge >= 0.3 is 6.09 Å². The summed E-state index contributed by atoms with van der Waals surface area (Å²) in [4.78, 5) is 32.3. The average Bonchev–Trinajstić information content (AvgIpc) is 3.54. The maximum Gasteiger partial charge on any atom is 0.409 e. The van der Waals surface area contributed by atoms with Crippen molar-refractivity contribution in [2.45, 2.75) is 75.8 Å². The summed E-state index contributed by atoms with van der Waals surface area (Å²) in [7, 11) is -3.79. The molecule has 2 atom stereocenters. The summed E-state index contributed by atoms with van der Waals surface area (Å²) < 4.78 is 39.1. The smallest absolute Gasteiger partial charge is 0.409 e. The van der Waals surface area contributed by atoms with Gasteiger partial charge in [-0.05, 0) is 119 Å². The number of nitrogen functional groups attached to an aromatic ring is 1. The topological polar surface area (TPSA) is 173 Å². The zero-order chi connectivity index (χ0) is 35.5. The predicted molar refractivity (Wildman–Crippen MR) is 190 cm³/mol. The monoisotopic (exact) mass is 689 g/mol. The van der Waals surface area contributed by atoms with Gasteiger partial charge in [-0.15, -0.1) is 0 Å². The highest BCUT2D eigenvalue weighted by atomic mass is 32.2. The Bertz CT molecular complexity index is 1960. The number of pyridine rings is 1. The minimum atomic E-state index is -3.79. The van der Waals surface area contributed by atoms with Crippen LogP contribution in [0.25, 0.3) is 10.8 Å². The summed E-state index contributed by atoms with van der Waals surface area (Å²) >= 11 is 0. The first-order valence-corrected chi connectivity index (χ1v) is 17.9. The van der Waals surface area contributed by atoms with Gasteiger partial charge in [0.1, 0.15) is 11.9 Å². The molecule has 1 saturated heterocycles. The molecule has 1 fully saturated rings. The van der Waals surface area contributed by atoms with Crippen molar-refractivity contribution in [1.29, 1.82) is 0 Å². The van der Waals surface area contributed by atoms with Crippen LogP contribution in [0.15, 0.2) is 71.8 Å². The minimum Gasteiger partial charge on any atom is -0.490 e. The van der Waals surface area contributed by atoms with Crippen LogP contribution in [0.2, 0.25) is 0 Å². The van der Waals surface area contributed by atoms with Gasteiger partial charge in [0.2, 0.25) is 5.91 Å². The van der Waals surface area contributed by atoms with Crippen LogP contribution in [0, 0.1) is 0 Å². The standard InChI is InChI=1S/C36H43N5O7S/c1-6-47-31-19-24(9-13-30(31)48-21(2)3)33(39-25-10-12-27-23(18-25)15-16-38-34(27)37)35(42)41-17-7-8-29(41)28-20-26(40-36(43)44)11-14-32(28)49(45,46)22(4)5/h9-16,18-22,29,33,39-40H,6-8,17H2,1-5H3,(H2,37,38)(H,43,44)/t29-,33-/m1/s1. The van der Waals surface area contributed by atoms with Crippen molar-refractivity contribution in [2.75, 3.05) is 29.5 Å². The quantitative estimate of drug-likeness (QED) is 0.124. The van der Waals surface area contributed by atoms with E-state index in [2.05, 4.69) is 15.6 Å². The number of anilines is 3. The summed E-state index contributed by atoms with van der Waals surface area (Å²) in [6, 6.07) is 15.6. The van der Waals surface area contributed by atoms with Gasteiger partial charge in [0.05, 0.1) is 28.9 Å². The molecule has 4 aromatic rings. The number of carboxylic acid groups (broad SMARTS) is 1. The van der Waals surface area contributed by atoms with E-state index in [1.165, 1.54) is 18.2 Å². The Morgan fingerprint density at radius 2 is 1.78 bits per heavy atom. The van der Waals surface area contributed by atoms with Gasteiger partial charge in [-0.25, -0.2) is 18.2 Å². The number of rotatable bonds is 12. The number of amides is 2. The number of benzene rings is 3. The molecule has 260 valence electrons. The molecule has 1 aliphatic heterocycles. The van der Waals surface area contributed by atoms with Crippen LogP contribution in [0.3, 0.4) is 0 Å². The van der Waals surface area contributed by atoms with E-state index >= 15 is 0 Å². The van der Waals surface area contributed by atoms with Gasteiger partial charge in [-0.1, -0.05) is 6.07 Å². The third kappa shape index (κ3) is 7.67. The normalized spacial score (nSPS) is 15.4. The number of nitrogens with zero attached hydrogens (tertiary/aromatic N) is 2. The molecule has 0 unspecified atom stereocenters. The van der Waals surface area contributed by atoms with E-state index in [9.17, 15) is 23.1 Å². The third-order valence-corrected chi connectivity index (χ3v) is 10.6. The van der Waals surface area contributed by atoms with Crippen molar-refractivity contribution in [2.24, 2.45) is 0 Å². The fourth-order valence-electron chi connectivity index (χ4n) is 6.11. The van der Waals surface area contributed by atoms with E-state index in [4.69, 9.17) is 15.2 Å². The van der Waals surface area contributed by atoms with Crippen molar-refractivity contribution >= 4 is 49.8 Å². The molecule has 0 radical (unpaired) electrons. The van der Waals surface area contributed by atoms with Crippen LogP contribution in [0.5, 0.6) is 11.5 Å². The summed E-state index contributed by atoms with van der Waals surface area (Å²) in [6.45, 7) is 9.64. The second kappa shape index (κ2) is 14.6. The summed E-state index contributed by atoms with van der Waals surface area (Å²) in [5.41, 5.74) is 7.95. The number of nitrogens with two attached hydrogens (primary N) is 1. The number of hydrogen-bond acceptors (Lipinski definition) is 9. The molecule has 3 aromatic carbocycles. The van der Waals surface area contributed by atoms with Gasteiger partial charge in [0.25, 0.3) is 0 Å². The fourth-order valence-corrected chi connectivity index (χ4v) is 7.40. The molecule has 5 rings (SSSR count). The lowest BCUT2D eigenvalue weighted by Crippen LogP contribution is -2.38. The van der Waals surface area contributed by atoms with E-state index in [1.807, 2.05) is 51.1 Å². The number of sulfone groups is 1. The lowest BCUT2D eigenvalue weighted by atomic mass is 10.00. The first-order chi connectivity index (χ1) is 23.3. The number of aromatic nitrogens is 1. The van der Waals surface area contributed by atoms with Crippen LogP contribution >= 0.6 is 0 Å². The first-order valence-electron chi connectivity index (χ1n) is 16.3. The second-order valence-corrected chi connectivity index (χ2v) is 15.0. The maximum atomic E-state index is 14.8. The molecule has 1 aromatic heterocycles. The highest BCUT2D eigenvalue weighted by Gasteiger charge is 2.38. The molecule has 2 heterocycles. The lowest BCUT2D eigenvalue weighted by molar-refractivity contribution is -0.133. The molecule has 0 saturated carbocycles. The molecular formula is C36H43N5O7S. The zero-order valence-electron chi connectivity index (χ0n) is 28.3. The summed E-state index contributed by atoms with van der Waals surface area (Å²) in [5, 5.41) is 16.0. The van der Waals surface area contributed by atoms with Crippen molar-refractivity contribution in [3.05, 3.63) is 78.0 Å². The first kappa shape index (κ1) is 35.3. The van der Waals surface area contributed by atoms with Gasteiger partial charge in [-0.3, -0.25) is 10.1 Å². The van der Waals surface area contributed by atoms with Crippen LogP contribution in [-0.4, -0.2) is 59.9 Å². The molecule has 49 heavy (non-hydrogen) atoms. The Morgan fingerprint density at radius 3 is 2.47 bits per heavy atom. The molecule has 0 aliphatic carbocycles. The molecule has 13 heteroatoms. The molecular weight excluding hydrogens is 646 g/mol. The molecule has 12 nitrogen and oxygen atoms in total. The van der Waals surface area contributed by atoms with E-state index in [1.54, 1.807) is 37.1 Å². The van der Waals surface area contributed by atoms with Gasteiger partial charge in [0, 0.05) is 29.5 Å². The SMILES string of the molecule is CCOc1cc([C@@H](Nc2ccc3c(N)nccc3c2)C(=O)N2CCC[C@@H]2c2cc(NC(=O)O)ccc2S(=O)(=O)C(C)C)ccc1OC(C)C. The fraction of sp³-hybridized carbons (Fsp3) is 0.361. The van der Waals surface area contributed by atoms with Crippen molar-refractivity contribution in [3.8, 4) is 11.5 Å². The molecule has 0 spiro atoms. The van der Waals surface area contributed by atoms with Crippen LogP contribution < -0.4 is 25.8 Å². The Labute approximate surface area is 286 Å². The van der Waals surface area contributed by atoms with E-state index in [0.717, 1.165) is 10.8 Å². The van der Waals surface area contributed by atoms with Gasteiger partial charge in [-0.2, -0.15) is 0 Å². The summed E-state index contributed by atoms with van der Waals surface area (Å²) in [5.74, 6) is 1.14. The molecule has 0 bridgehead atoms. The van der Waals surface area contributed by atoms with E-state index in [0.29, 0.717) is 60.1 Å². The van der Waals surface area contributed by atoms with Gasteiger partial charge < -0.3 is 30.5 Å². The highest BCUT2D eigenvalue weighted by molar-refractivity contribution is 7.92. The second-order valence-electron chi connectivity index (χ2n) is 12.5. The Morgan fingerprint density at radius 1 is 1.02 bits per heavy atom. The Kier molecular flexibility index (Phi) is 10.5. The van der Waals surface area contributed by atoms with Gasteiger partial charge in [0.15, 0.2) is 21.3 Å². The predicted octanol–water partition coefficient (Wildman–Crippen LogP) is 6.79. The van der Waals surface area contributed by atoms with Crippen LogP contribution in [-0.2, 0) is 14.6 Å². The van der Waals surface area contributed by atoms with Crippen molar-refractivity contribution in [1.82, 2.24) is 9.88 Å². The number of hydrogen-bond donors (Lipinski definition) is 4. The highest BCUT2D eigenvalue weighted by Crippen LogP contribution is 2.41. The zero-order valence-corrected chi connectivity index (χ0v) is 29.1. The Balaban J connectivity index is 1.61. The molecule has 2 amide bonds. The number of nitrogens with one attached hydrogen (secondary N) is 2. The number of carbonyl (C=O) groups excluding carboxylic acids is 1. The number of likely N-dealkylation sites (tertiary alicyclic amines) is 1. The largest absolute Gasteiger partial charge is 0.490 e. The molecule has 1 aliphatic rings. The number of ether oxygens (including phenoxy) is 2. The van der Waals surface area contributed by atoms with Crippen LogP contribution in [0.1, 0.15) is 70.7 Å². The lowest BCUT2D eigenvalue weighted by Gasteiger charge is -2.32. The maximum absolute atomic E-state index is 14.8. The van der Waals surface area contributed by atoms with Crippen molar-refractivity contribution in [3.63, 3.8) is 0 Å². The summed E-state index contributed by atoms with van der Waals surface area (Å²) in [6.07, 6.45) is 1.35. The number of fused-ring (bicyclic) bond motifs is 1. The Hall–Kier alpha value is -5.04. The molecule has 5 N–H and O–H groups in total. The minimum absolute atomic E-state index is 0.0715. The average molecular weight is 690 g/mol. The van der Waals surface area contributed by atoms with E-state index in [-0.39, 0.29) is 22.6 Å². The number of carbonyl (C=O) groups is 2. The third-order valence-electron chi connectivity index (χ3n) is 8.40. The van der Waals surface area contributed by atoms with Crippen molar-refractivity contribution < 1.29 is 32.6 Å². The van der Waals surface area contributed by atoms with Crippen LogP contribution in [0.4, 0.5) is 22.0 Å².